The Morgan fingerprint density at radius 1 is 1.09 bits per heavy atom. The molecule has 1 N–H and O–H groups in total. The summed E-state index contributed by atoms with van der Waals surface area (Å²) in [7, 11) is 0. The maximum atomic E-state index is 9.70. The number of aliphatic hydroxyl groups excluding tert-OH is 1. The van der Waals surface area contributed by atoms with E-state index in [1.807, 2.05) is 42.5 Å². The highest BCUT2D eigenvalue weighted by Crippen LogP contribution is 2.28. The largest absolute Gasteiger partial charge is 0.489 e. The fourth-order valence-corrected chi connectivity index (χ4v) is 2.81. The van der Waals surface area contributed by atoms with Crippen LogP contribution >= 0.6 is 0 Å². The van der Waals surface area contributed by atoms with Gasteiger partial charge in [0.25, 0.3) is 0 Å². The third-order valence-electron chi connectivity index (χ3n) is 3.92. The van der Waals surface area contributed by atoms with E-state index in [0.29, 0.717) is 12.5 Å². The first-order valence-electron chi connectivity index (χ1n) is 8.06. The summed E-state index contributed by atoms with van der Waals surface area (Å²) in [6.45, 7) is 5.86. The minimum Gasteiger partial charge on any atom is -0.489 e. The van der Waals surface area contributed by atoms with Gasteiger partial charge in [0.1, 0.15) is 12.4 Å². The van der Waals surface area contributed by atoms with Crippen LogP contribution < -0.4 is 4.74 Å². The van der Waals surface area contributed by atoms with Crippen molar-refractivity contribution < 1.29 is 9.84 Å². The van der Waals surface area contributed by atoms with Gasteiger partial charge in [-0.3, -0.25) is 0 Å². The molecule has 0 radical (unpaired) electrons. The van der Waals surface area contributed by atoms with Gasteiger partial charge in [-0.1, -0.05) is 44.2 Å². The molecule has 3 rings (SSSR count). The van der Waals surface area contributed by atoms with Gasteiger partial charge in [-0.05, 0) is 29.7 Å². The second-order valence-electron chi connectivity index (χ2n) is 6.31. The monoisotopic (exact) mass is 309 g/mol. The zero-order chi connectivity index (χ0) is 16.2. The number of hydrogen-bond donors (Lipinski definition) is 1. The van der Waals surface area contributed by atoms with Gasteiger partial charge in [-0.15, -0.1) is 0 Å². The van der Waals surface area contributed by atoms with Crippen LogP contribution in [0.3, 0.4) is 0 Å². The Hall–Kier alpha value is -2.26. The minimum atomic E-state index is -0.0209. The fourth-order valence-electron chi connectivity index (χ4n) is 2.81. The van der Waals surface area contributed by atoms with E-state index < -0.39 is 0 Å². The van der Waals surface area contributed by atoms with Crippen LogP contribution in [0.15, 0.2) is 54.7 Å². The van der Waals surface area contributed by atoms with Crippen LogP contribution in [0.25, 0.3) is 10.9 Å². The standard InChI is InChI=1S/C20H23NO2/c1-15(2)12-21-9-8-17-11-20(18(13-22)10-19(17)21)23-14-16-6-4-3-5-7-16/h3-11,15,22H,12-14H2,1-2H3. The molecule has 23 heavy (non-hydrogen) atoms. The van der Waals surface area contributed by atoms with Crippen molar-refractivity contribution in [2.75, 3.05) is 0 Å². The van der Waals surface area contributed by atoms with Crippen LogP contribution in [-0.4, -0.2) is 9.67 Å². The highest BCUT2D eigenvalue weighted by Gasteiger charge is 2.10. The van der Waals surface area contributed by atoms with Gasteiger partial charge in [0.05, 0.1) is 6.61 Å². The third-order valence-corrected chi connectivity index (χ3v) is 3.92. The number of ether oxygens (including phenoxy) is 1. The number of fused-ring (bicyclic) bond motifs is 1. The van der Waals surface area contributed by atoms with Crippen molar-refractivity contribution in [2.45, 2.75) is 33.6 Å². The smallest absolute Gasteiger partial charge is 0.126 e. The van der Waals surface area contributed by atoms with E-state index >= 15 is 0 Å². The summed E-state index contributed by atoms with van der Waals surface area (Å²) in [4.78, 5) is 0. The van der Waals surface area contributed by atoms with Gasteiger partial charge >= 0.3 is 0 Å². The van der Waals surface area contributed by atoms with Crippen LogP contribution in [0.5, 0.6) is 5.75 Å². The Labute approximate surface area is 137 Å². The second kappa shape index (κ2) is 6.88. The zero-order valence-electron chi connectivity index (χ0n) is 13.7. The third kappa shape index (κ3) is 3.57. The van der Waals surface area contributed by atoms with Crippen molar-refractivity contribution in [1.29, 1.82) is 0 Å². The molecule has 3 aromatic rings. The first-order chi connectivity index (χ1) is 11.2. The predicted octanol–water partition coefficient (Wildman–Crippen LogP) is 4.37. The van der Waals surface area contributed by atoms with Crippen molar-refractivity contribution in [1.82, 2.24) is 4.57 Å². The summed E-state index contributed by atoms with van der Waals surface area (Å²) in [6, 6.07) is 16.2. The van der Waals surface area contributed by atoms with E-state index in [9.17, 15) is 5.11 Å². The lowest BCUT2D eigenvalue weighted by Crippen LogP contribution is -2.03. The van der Waals surface area contributed by atoms with Crippen LogP contribution in [0.1, 0.15) is 25.0 Å². The van der Waals surface area contributed by atoms with Gasteiger partial charge in [-0.25, -0.2) is 0 Å². The summed E-state index contributed by atoms with van der Waals surface area (Å²) in [5.74, 6) is 1.34. The summed E-state index contributed by atoms with van der Waals surface area (Å²) in [5.41, 5.74) is 3.10. The molecule has 0 unspecified atom stereocenters. The number of aliphatic hydroxyl groups is 1. The highest BCUT2D eigenvalue weighted by atomic mass is 16.5. The molecule has 1 heterocycles. The Morgan fingerprint density at radius 3 is 2.57 bits per heavy atom. The summed E-state index contributed by atoms with van der Waals surface area (Å²) in [5, 5.41) is 10.8. The zero-order valence-corrected chi connectivity index (χ0v) is 13.7. The average molecular weight is 309 g/mol. The van der Waals surface area contributed by atoms with E-state index in [0.717, 1.165) is 34.3 Å². The Kier molecular flexibility index (Phi) is 4.68. The average Bonchev–Trinajstić information content (AvgIpc) is 2.94. The fraction of sp³-hybridized carbons (Fsp3) is 0.300. The van der Waals surface area contributed by atoms with Gasteiger partial charge in [0.2, 0.25) is 0 Å². The predicted molar refractivity (Wildman–Crippen MR) is 93.5 cm³/mol. The molecule has 0 aliphatic rings. The Bertz CT molecular complexity index is 775. The molecule has 3 heteroatoms. The topological polar surface area (TPSA) is 34.4 Å². The molecule has 0 aliphatic carbocycles. The molecule has 0 aliphatic heterocycles. The first-order valence-corrected chi connectivity index (χ1v) is 8.06. The van der Waals surface area contributed by atoms with Crippen molar-refractivity contribution in [3.8, 4) is 5.75 Å². The maximum Gasteiger partial charge on any atom is 0.126 e. The second-order valence-corrected chi connectivity index (χ2v) is 6.31. The summed E-state index contributed by atoms with van der Waals surface area (Å²) in [6.07, 6.45) is 2.10. The van der Waals surface area contributed by atoms with E-state index in [-0.39, 0.29) is 6.61 Å². The first kappa shape index (κ1) is 15.6. The SMILES string of the molecule is CC(C)Cn1ccc2cc(OCc3ccccc3)c(CO)cc21. The highest BCUT2D eigenvalue weighted by molar-refractivity contribution is 5.83. The molecule has 3 nitrogen and oxygen atoms in total. The molecule has 2 aromatic carbocycles. The van der Waals surface area contributed by atoms with Gasteiger partial charge in [0.15, 0.2) is 0 Å². The van der Waals surface area contributed by atoms with E-state index in [1.54, 1.807) is 0 Å². The van der Waals surface area contributed by atoms with Crippen molar-refractivity contribution in [3.63, 3.8) is 0 Å². The number of aromatic nitrogens is 1. The summed E-state index contributed by atoms with van der Waals surface area (Å²) < 4.78 is 8.18. The van der Waals surface area contributed by atoms with Crippen LogP contribution in [-0.2, 0) is 19.8 Å². The van der Waals surface area contributed by atoms with Crippen LogP contribution in [0.4, 0.5) is 0 Å². The quantitative estimate of drug-likeness (QED) is 0.734. The van der Waals surface area contributed by atoms with Crippen molar-refractivity contribution >= 4 is 10.9 Å². The molecular weight excluding hydrogens is 286 g/mol. The lowest BCUT2D eigenvalue weighted by molar-refractivity contribution is 0.259. The van der Waals surface area contributed by atoms with E-state index in [2.05, 4.69) is 30.7 Å². The van der Waals surface area contributed by atoms with E-state index in [1.165, 1.54) is 0 Å². The number of hydrogen-bond acceptors (Lipinski definition) is 2. The van der Waals surface area contributed by atoms with Crippen molar-refractivity contribution in [3.05, 3.63) is 65.9 Å². The van der Waals surface area contributed by atoms with Crippen molar-refractivity contribution in [2.24, 2.45) is 5.92 Å². The molecule has 0 saturated heterocycles. The van der Waals surface area contributed by atoms with Gasteiger partial charge in [-0.2, -0.15) is 0 Å². The number of nitrogens with zero attached hydrogens (tertiary/aromatic N) is 1. The normalized spacial score (nSPS) is 11.3. The molecular formula is C20H23NO2. The minimum absolute atomic E-state index is 0.0209. The summed E-state index contributed by atoms with van der Waals surface area (Å²) >= 11 is 0. The molecule has 0 fully saturated rings. The Balaban J connectivity index is 1.88. The maximum absolute atomic E-state index is 9.70. The Morgan fingerprint density at radius 2 is 1.87 bits per heavy atom. The molecule has 0 bridgehead atoms. The lowest BCUT2D eigenvalue weighted by Gasteiger charge is -2.13. The molecule has 0 spiro atoms. The molecule has 0 saturated carbocycles. The van der Waals surface area contributed by atoms with E-state index in [4.69, 9.17) is 4.74 Å². The molecule has 120 valence electrons. The van der Waals surface area contributed by atoms with Crippen LogP contribution in [0, 0.1) is 5.92 Å². The number of benzene rings is 2. The molecule has 1 aromatic heterocycles. The molecule has 0 amide bonds. The van der Waals surface area contributed by atoms with Gasteiger partial charge in [0, 0.05) is 29.2 Å². The lowest BCUT2D eigenvalue weighted by atomic mass is 10.1. The van der Waals surface area contributed by atoms with Gasteiger partial charge < -0.3 is 14.4 Å². The van der Waals surface area contributed by atoms with Crippen LogP contribution in [0.2, 0.25) is 0 Å². The number of rotatable bonds is 6. The molecule has 0 atom stereocenters.